The number of nitrogens with one attached hydrogen (secondary N) is 1. The van der Waals surface area contributed by atoms with Crippen LogP contribution in [0.15, 0.2) is 9.98 Å². The molecule has 5 heteroatoms. The first-order chi connectivity index (χ1) is 5.77. The van der Waals surface area contributed by atoms with E-state index >= 15 is 0 Å². The second-order valence-corrected chi connectivity index (χ2v) is 4.54. The summed E-state index contributed by atoms with van der Waals surface area (Å²) < 4.78 is 0.863. The molecule has 2 N–H and O–H groups in total. The molecule has 1 aliphatic rings. The number of hydrogen-bond acceptors (Lipinski definition) is 4. The molecular formula is C7H9BrN2OS. The first-order valence-electron chi connectivity index (χ1n) is 3.77. The zero-order valence-corrected chi connectivity index (χ0v) is 8.73. The number of nitrogens with zero attached hydrogens (tertiary/aromatic N) is 1. The van der Waals surface area contributed by atoms with E-state index in [-0.39, 0.29) is 12.0 Å². The van der Waals surface area contributed by atoms with Gasteiger partial charge in [-0.1, -0.05) is 0 Å². The van der Waals surface area contributed by atoms with Gasteiger partial charge in [0.2, 0.25) is 0 Å². The highest BCUT2D eigenvalue weighted by Crippen LogP contribution is 2.27. The fourth-order valence-corrected chi connectivity index (χ4v) is 2.78. The highest BCUT2D eigenvalue weighted by molar-refractivity contribution is 9.10. The first kappa shape index (κ1) is 8.62. The lowest BCUT2D eigenvalue weighted by Gasteiger charge is -2.08. The van der Waals surface area contributed by atoms with Crippen molar-refractivity contribution in [1.82, 2.24) is 10.3 Å². The molecule has 2 atom stereocenters. The molecule has 3 nitrogen and oxygen atoms in total. The molecular weight excluding hydrogens is 240 g/mol. The third-order valence-corrected chi connectivity index (χ3v) is 3.68. The molecule has 1 aromatic rings. The molecule has 0 saturated carbocycles. The van der Waals surface area contributed by atoms with Crippen LogP contribution in [0.3, 0.4) is 0 Å². The maximum Gasteiger partial charge on any atom is 0.117 e. The van der Waals surface area contributed by atoms with Crippen molar-refractivity contribution in [2.75, 3.05) is 13.1 Å². The smallest absolute Gasteiger partial charge is 0.117 e. The van der Waals surface area contributed by atoms with Crippen LogP contribution in [-0.2, 0) is 0 Å². The van der Waals surface area contributed by atoms with E-state index in [0.29, 0.717) is 6.54 Å². The van der Waals surface area contributed by atoms with Gasteiger partial charge in [-0.3, -0.25) is 0 Å². The van der Waals surface area contributed by atoms with E-state index in [1.165, 1.54) is 0 Å². The predicted molar refractivity (Wildman–Crippen MR) is 51.4 cm³/mol. The molecule has 1 saturated heterocycles. The van der Waals surface area contributed by atoms with Gasteiger partial charge in [-0.15, -0.1) is 11.3 Å². The lowest BCUT2D eigenvalue weighted by atomic mass is 10.1. The molecule has 1 fully saturated rings. The summed E-state index contributed by atoms with van der Waals surface area (Å²) in [7, 11) is 0. The van der Waals surface area contributed by atoms with Crippen molar-refractivity contribution in [3.63, 3.8) is 0 Å². The molecule has 0 aromatic carbocycles. The van der Waals surface area contributed by atoms with Gasteiger partial charge < -0.3 is 10.4 Å². The van der Waals surface area contributed by atoms with Gasteiger partial charge in [-0.25, -0.2) is 4.98 Å². The summed E-state index contributed by atoms with van der Waals surface area (Å²) in [4.78, 5) is 4.28. The number of halogens is 1. The van der Waals surface area contributed by atoms with Crippen LogP contribution in [0, 0.1) is 0 Å². The number of aliphatic hydroxyl groups excluding tert-OH is 1. The van der Waals surface area contributed by atoms with Crippen LogP contribution in [0.1, 0.15) is 10.9 Å². The number of hydrogen-bond donors (Lipinski definition) is 2. The van der Waals surface area contributed by atoms with Crippen LogP contribution in [0.25, 0.3) is 0 Å². The third kappa shape index (κ3) is 1.54. The number of aromatic nitrogens is 1. The minimum Gasteiger partial charge on any atom is -0.391 e. The maximum absolute atomic E-state index is 9.54. The van der Waals surface area contributed by atoms with E-state index in [2.05, 4.69) is 26.2 Å². The molecule has 1 aromatic heterocycles. The Labute approximate surface area is 83.0 Å². The van der Waals surface area contributed by atoms with Gasteiger partial charge in [-0.05, 0) is 15.9 Å². The Kier molecular flexibility index (Phi) is 2.45. The molecule has 2 unspecified atom stereocenters. The Bertz CT molecular complexity index is 278. The second-order valence-electron chi connectivity index (χ2n) is 2.84. The molecule has 2 heterocycles. The second kappa shape index (κ2) is 3.41. The molecule has 0 amide bonds. The molecule has 0 aliphatic carbocycles. The molecule has 1 aliphatic heterocycles. The maximum atomic E-state index is 9.54. The van der Waals surface area contributed by atoms with E-state index in [0.717, 1.165) is 16.2 Å². The van der Waals surface area contributed by atoms with E-state index in [4.69, 9.17) is 0 Å². The van der Waals surface area contributed by atoms with Crippen LogP contribution < -0.4 is 5.32 Å². The normalized spacial score (nSPS) is 29.5. The summed E-state index contributed by atoms with van der Waals surface area (Å²) in [6.07, 6.45) is -0.275. The summed E-state index contributed by atoms with van der Waals surface area (Å²) in [5, 5.41) is 15.6. The number of β-amino-alcohol motifs (C(OH)–C–C–N with tert-alkyl or cyclic N) is 1. The predicted octanol–water partition coefficient (Wildman–Crippen LogP) is 0.953. The Balaban J connectivity index is 2.19. The average molecular weight is 249 g/mol. The molecule has 2 rings (SSSR count). The highest BCUT2D eigenvalue weighted by atomic mass is 79.9. The van der Waals surface area contributed by atoms with Crippen LogP contribution in [0.2, 0.25) is 0 Å². The Hall–Kier alpha value is 0.0300. The minimum absolute atomic E-state index is 0.182. The standard InChI is InChI=1S/C7H9BrN2OS/c8-6-3-12-7(10-6)4-1-9-2-5(4)11/h3-5,9,11H,1-2H2. The van der Waals surface area contributed by atoms with Crippen molar-refractivity contribution in [1.29, 1.82) is 0 Å². The number of aliphatic hydroxyl groups is 1. The van der Waals surface area contributed by atoms with Gasteiger partial charge in [0, 0.05) is 18.5 Å². The summed E-state index contributed by atoms with van der Waals surface area (Å²) in [5.41, 5.74) is 0. The summed E-state index contributed by atoms with van der Waals surface area (Å²) in [5.74, 6) is 0.182. The molecule has 66 valence electrons. The van der Waals surface area contributed by atoms with E-state index in [1.54, 1.807) is 11.3 Å². The van der Waals surface area contributed by atoms with Crippen LogP contribution in [0.5, 0.6) is 0 Å². The van der Waals surface area contributed by atoms with Crippen LogP contribution in [0.4, 0.5) is 0 Å². The molecule has 0 spiro atoms. The van der Waals surface area contributed by atoms with Crippen molar-refractivity contribution >= 4 is 27.3 Å². The minimum atomic E-state index is -0.275. The molecule has 0 radical (unpaired) electrons. The number of thiazole rings is 1. The SMILES string of the molecule is OC1CNCC1c1nc(Br)cs1. The van der Waals surface area contributed by atoms with Crippen molar-refractivity contribution in [2.45, 2.75) is 12.0 Å². The van der Waals surface area contributed by atoms with Gasteiger partial charge >= 0.3 is 0 Å². The topological polar surface area (TPSA) is 45.1 Å². The van der Waals surface area contributed by atoms with Crippen molar-refractivity contribution < 1.29 is 5.11 Å². The van der Waals surface area contributed by atoms with Gasteiger partial charge in [0.1, 0.15) is 9.61 Å². The van der Waals surface area contributed by atoms with Crippen molar-refractivity contribution in [3.05, 3.63) is 15.0 Å². The summed E-state index contributed by atoms with van der Waals surface area (Å²) in [6.45, 7) is 1.52. The van der Waals surface area contributed by atoms with E-state index < -0.39 is 0 Å². The van der Waals surface area contributed by atoms with Gasteiger partial charge in [0.15, 0.2) is 0 Å². The van der Waals surface area contributed by atoms with E-state index in [1.807, 2.05) is 5.38 Å². The number of rotatable bonds is 1. The van der Waals surface area contributed by atoms with Gasteiger partial charge in [0.05, 0.1) is 12.0 Å². The zero-order chi connectivity index (χ0) is 8.55. The zero-order valence-electron chi connectivity index (χ0n) is 6.33. The van der Waals surface area contributed by atoms with E-state index in [9.17, 15) is 5.11 Å². The quantitative estimate of drug-likeness (QED) is 0.779. The Morgan fingerprint density at radius 1 is 1.67 bits per heavy atom. The average Bonchev–Trinajstić information content (AvgIpc) is 2.58. The van der Waals surface area contributed by atoms with Crippen LogP contribution >= 0.6 is 27.3 Å². The third-order valence-electron chi connectivity index (χ3n) is 1.99. The summed E-state index contributed by atoms with van der Waals surface area (Å²) >= 11 is 4.89. The fraction of sp³-hybridized carbons (Fsp3) is 0.571. The lowest BCUT2D eigenvalue weighted by molar-refractivity contribution is 0.177. The van der Waals surface area contributed by atoms with Gasteiger partial charge in [-0.2, -0.15) is 0 Å². The Morgan fingerprint density at radius 3 is 3.00 bits per heavy atom. The van der Waals surface area contributed by atoms with Crippen molar-refractivity contribution in [3.8, 4) is 0 Å². The molecule has 0 bridgehead atoms. The lowest BCUT2D eigenvalue weighted by Crippen LogP contribution is -2.15. The van der Waals surface area contributed by atoms with Crippen LogP contribution in [-0.4, -0.2) is 29.3 Å². The monoisotopic (exact) mass is 248 g/mol. The largest absolute Gasteiger partial charge is 0.391 e. The highest BCUT2D eigenvalue weighted by Gasteiger charge is 2.28. The Morgan fingerprint density at radius 2 is 2.50 bits per heavy atom. The van der Waals surface area contributed by atoms with Crippen molar-refractivity contribution in [2.24, 2.45) is 0 Å². The molecule has 12 heavy (non-hydrogen) atoms. The van der Waals surface area contributed by atoms with Gasteiger partial charge in [0.25, 0.3) is 0 Å². The summed E-state index contributed by atoms with van der Waals surface area (Å²) in [6, 6.07) is 0. The first-order valence-corrected chi connectivity index (χ1v) is 5.44. The fourth-order valence-electron chi connectivity index (χ4n) is 1.35.